The van der Waals surface area contributed by atoms with E-state index in [1.807, 2.05) is 19.1 Å². The number of halogens is 1. The Morgan fingerprint density at radius 1 is 1.18 bits per heavy atom. The molecule has 0 aliphatic rings. The first-order valence-corrected chi connectivity index (χ1v) is 11.7. The molecule has 0 radical (unpaired) electrons. The Bertz CT molecular complexity index is 1340. The van der Waals surface area contributed by atoms with E-state index in [-0.39, 0.29) is 18.2 Å². The minimum Gasteiger partial charge on any atom is -0.497 e. The molecule has 0 unspecified atom stereocenters. The van der Waals surface area contributed by atoms with Crippen LogP contribution in [0.4, 0.5) is 5.13 Å². The summed E-state index contributed by atoms with van der Waals surface area (Å²) in [6.07, 6.45) is 1.89. The SMILES string of the molecule is COc1ccc2c(c1)c(CC(=O)Nc1ncc(C(C)C)s1)c(C)n2C(=O)c1ccc(Cl)cc1. The molecule has 0 spiro atoms. The largest absolute Gasteiger partial charge is 0.497 e. The van der Waals surface area contributed by atoms with Crippen LogP contribution in [0.1, 0.15) is 46.3 Å². The molecule has 33 heavy (non-hydrogen) atoms. The molecule has 0 aliphatic carbocycles. The molecule has 0 atom stereocenters. The van der Waals surface area contributed by atoms with Crippen LogP contribution < -0.4 is 10.1 Å². The lowest BCUT2D eigenvalue weighted by atomic mass is 10.1. The molecule has 0 saturated carbocycles. The van der Waals surface area contributed by atoms with E-state index < -0.39 is 0 Å². The number of methoxy groups -OCH3 is 1. The Morgan fingerprint density at radius 3 is 2.55 bits per heavy atom. The van der Waals surface area contributed by atoms with E-state index in [9.17, 15) is 9.59 Å². The highest BCUT2D eigenvalue weighted by molar-refractivity contribution is 7.15. The fraction of sp³-hybridized carbons (Fsp3) is 0.240. The van der Waals surface area contributed by atoms with Crippen LogP contribution in [0.3, 0.4) is 0 Å². The molecule has 2 aromatic carbocycles. The third-order valence-electron chi connectivity index (χ3n) is 5.51. The minimum absolute atomic E-state index is 0.104. The van der Waals surface area contributed by atoms with Gasteiger partial charge < -0.3 is 10.1 Å². The van der Waals surface area contributed by atoms with Gasteiger partial charge in [-0.25, -0.2) is 4.98 Å². The highest BCUT2D eigenvalue weighted by atomic mass is 35.5. The van der Waals surface area contributed by atoms with Crippen molar-refractivity contribution >= 4 is 50.8 Å². The molecule has 0 saturated heterocycles. The molecular formula is C25H24ClN3O3S. The number of hydrogen-bond acceptors (Lipinski definition) is 5. The second-order valence-electron chi connectivity index (χ2n) is 8.04. The zero-order chi connectivity index (χ0) is 23.7. The van der Waals surface area contributed by atoms with E-state index in [2.05, 4.69) is 24.1 Å². The van der Waals surface area contributed by atoms with E-state index in [0.29, 0.717) is 38.6 Å². The van der Waals surface area contributed by atoms with Crippen molar-refractivity contribution in [3.63, 3.8) is 0 Å². The van der Waals surface area contributed by atoms with Crippen molar-refractivity contribution in [3.05, 3.63) is 75.4 Å². The van der Waals surface area contributed by atoms with Crippen molar-refractivity contribution in [1.29, 1.82) is 0 Å². The summed E-state index contributed by atoms with van der Waals surface area (Å²) in [7, 11) is 1.59. The average molecular weight is 482 g/mol. The van der Waals surface area contributed by atoms with Crippen LogP contribution in [0.15, 0.2) is 48.7 Å². The molecule has 0 aliphatic heterocycles. The van der Waals surface area contributed by atoms with Crippen molar-refractivity contribution in [2.45, 2.75) is 33.1 Å². The number of hydrogen-bond donors (Lipinski definition) is 1. The first-order chi connectivity index (χ1) is 15.8. The fourth-order valence-electron chi connectivity index (χ4n) is 3.73. The smallest absolute Gasteiger partial charge is 0.262 e. The minimum atomic E-state index is -0.191. The lowest BCUT2D eigenvalue weighted by Crippen LogP contribution is -2.16. The van der Waals surface area contributed by atoms with Crippen LogP contribution >= 0.6 is 22.9 Å². The molecule has 0 fully saturated rings. The third-order valence-corrected chi connectivity index (χ3v) is 6.98. The van der Waals surface area contributed by atoms with Crippen molar-refractivity contribution in [2.75, 3.05) is 12.4 Å². The molecule has 2 aromatic heterocycles. The third kappa shape index (κ3) is 4.65. The number of anilines is 1. The fourth-order valence-corrected chi connectivity index (χ4v) is 4.69. The Kier molecular flexibility index (Phi) is 6.54. The lowest BCUT2D eigenvalue weighted by molar-refractivity contribution is -0.115. The predicted molar refractivity (Wildman–Crippen MR) is 133 cm³/mol. The Balaban J connectivity index is 1.72. The van der Waals surface area contributed by atoms with E-state index in [0.717, 1.165) is 15.8 Å². The van der Waals surface area contributed by atoms with Crippen molar-refractivity contribution in [2.24, 2.45) is 0 Å². The average Bonchev–Trinajstić information content (AvgIpc) is 3.36. The summed E-state index contributed by atoms with van der Waals surface area (Å²) in [4.78, 5) is 31.7. The number of amides is 1. The summed E-state index contributed by atoms with van der Waals surface area (Å²) in [5.74, 6) is 0.623. The van der Waals surface area contributed by atoms with Gasteiger partial charge >= 0.3 is 0 Å². The number of benzene rings is 2. The van der Waals surface area contributed by atoms with Gasteiger partial charge in [-0.05, 0) is 60.9 Å². The molecule has 0 bridgehead atoms. The molecular weight excluding hydrogens is 458 g/mol. The van der Waals surface area contributed by atoms with Crippen LogP contribution in [-0.4, -0.2) is 28.5 Å². The number of thiazole rings is 1. The molecule has 4 rings (SSSR count). The van der Waals surface area contributed by atoms with Crippen LogP contribution in [0.5, 0.6) is 5.75 Å². The maximum Gasteiger partial charge on any atom is 0.262 e. The maximum absolute atomic E-state index is 13.4. The Hall–Kier alpha value is -3.16. The van der Waals surface area contributed by atoms with Gasteiger partial charge in [-0.15, -0.1) is 11.3 Å². The predicted octanol–water partition coefficient (Wildman–Crippen LogP) is 6.06. The van der Waals surface area contributed by atoms with E-state index in [4.69, 9.17) is 16.3 Å². The second-order valence-corrected chi connectivity index (χ2v) is 9.54. The quantitative estimate of drug-likeness (QED) is 0.363. The number of nitrogens with zero attached hydrogens (tertiary/aromatic N) is 2. The summed E-state index contributed by atoms with van der Waals surface area (Å²) in [6, 6.07) is 12.3. The molecule has 1 amide bonds. The summed E-state index contributed by atoms with van der Waals surface area (Å²) in [5, 5.41) is 4.82. The van der Waals surface area contributed by atoms with Crippen molar-refractivity contribution in [1.82, 2.24) is 9.55 Å². The number of aromatic nitrogens is 2. The highest BCUT2D eigenvalue weighted by Gasteiger charge is 2.22. The van der Waals surface area contributed by atoms with E-state index in [1.165, 1.54) is 11.3 Å². The normalized spacial score (nSPS) is 11.2. The van der Waals surface area contributed by atoms with Gasteiger partial charge in [0.25, 0.3) is 5.91 Å². The summed E-state index contributed by atoms with van der Waals surface area (Å²) in [5.41, 5.74) is 2.70. The van der Waals surface area contributed by atoms with Crippen LogP contribution in [0.2, 0.25) is 5.02 Å². The van der Waals surface area contributed by atoms with Gasteiger partial charge in [0, 0.05) is 32.7 Å². The van der Waals surface area contributed by atoms with Crippen LogP contribution in [-0.2, 0) is 11.2 Å². The van der Waals surface area contributed by atoms with Gasteiger partial charge in [0.1, 0.15) is 5.75 Å². The molecule has 6 nitrogen and oxygen atoms in total. The zero-order valence-corrected chi connectivity index (χ0v) is 20.4. The molecule has 8 heteroatoms. The van der Waals surface area contributed by atoms with Gasteiger partial charge in [0.05, 0.1) is 19.0 Å². The summed E-state index contributed by atoms with van der Waals surface area (Å²) < 4.78 is 7.03. The highest BCUT2D eigenvalue weighted by Crippen LogP contribution is 2.31. The molecule has 2 heterocycles. The topological polar surface area (TPSA) is 73.2 Å². The van der Waals surface area contributed by atoms with Gasteiger partial charge in [0.15, 0.2) is 5.13 Å². The molecule has 170 valence electrons. The van der Waals surface area contributed by atoms with Gasteiger partial charge in [-0.2, -0.15) is 0 Å². The van der Waals surface area contributed by atoms with Gasteiger partial charge in [0.2, 0.25) is 5.91 Å². The monoisotopic (exact) mass is 481 g/mol. The van der Waals surface area contributed by atoms with E-state index in [1.54, 1.807) is 48.2 Å². The van der Waals surface area contributed by atoms with Gasteiger partial charge in [-0.3, -0.25) is 14.2 Å². The number of fused-ring (bicyclic) bond motifs is 1. The number of carbonyl (C=O) groups is 2. The van der Waals surface area contributed by atoms with Crippen LogP contribution in [0.25, 0.3) is 10.9 Å². The number of rotatable bonds is 6. The van der Waals surface area contributed by atoms with Gasteiger partial charge in [-0.1, -0.05) is 25.4 Å². The zero-order valence-electron chi connectivity index (χ0n) is 18.8. The lowest BCUT2D eigenvalue weighted by Gasteiger charge is -2.08. The number of nitrogens with one attached hydrogen (secondary N) is 1. The van der Waals surface area contributed by atoms with Crippen molar-refractivity contribution in [3.8, 4) is 5.75 Å². The summed E-state index contributed by atoms with van der Waals surface area (Å²) in [6.45, 7) is 6.02. The number of ether oxygens (including phenoxy) is 1. The first kappa shape index (κ1) is 23.0. The van der Waals surface area contributed by atoms with E-state index >= 15 is 0 Å². The second kappa shape index (κ2) is 9.37. The molecule has 1 N–H and O–H groups in total. The Morgan fingerprint density at radius 2 is 1.91 bits per heavy atom. The number of carbonyl (C=O) groups excluding carboxylic acids is 2. The molecule has 4 aromatic rings. The first-order valence-electron chi connectivity index (χ1n) is 10.5. The Labute approximate surface area is 201 Å². The standard InChI is InChI=1S/C25H24ClN3O3S/c1-14(2)22-13-27-25(33-22)28-23(30)12-19-15(3)29(21-10-9-18(32-4)11-20(19)21)24(31)16-5-7-17(26)8-6-16/h5-11,13-14H,12H2,1-4H3,(H,27,28,30). The maximum atomic E-state index is 13.4. The van der Waals surface area contributed by atoms with Crippen molar-refractivity contribution < 1.29 is 14.3 Å². The van der Waals surface area contributed by atoms with Crippen LogP contribution in [0, 0.1) is 6.92 Å². The summed E-state index contributed by atoms with van der Waals surface area (Å²) >= 11 is 7.46.